The Morgan fingerprint density at radius 3 is 1.19 bits per heavy atom. The minimum atomic E-state index is -1.85. The van der Waals surface area contributed by atoms with Gasteiger partial charge >= 0.3 is 23.9 Å². The summed E-state index contributed by atoms with van der Waals surface area (Å²) in [6, 6.07) is 6.49. The van der Waals surface area contributed by atoms with E-state index in [1.54, 1.807) is 58.0 Å². The number of benzene rings is 4. The van der Waals surface area contributed by atoms with Crippen molar-refractivity contribution in [3.63, 3.8) is 0 Å². The van der Waals surface area contributed by atoms with Crippen molar-refractivity contribution >= 4 is 94.8 Å². The normalized spacial score (nSPS) is 15.4. The number of primary amides is 1. The first-order chi connectivity index (χ1) is 52.0. The minimum absolute atomic E-state index is 0.0256. The SMILES string of the molecule is CC[C@H](C)[C@H](NC(=O)[C@H](CCC(=O)O)NC(=O)[C@H](CCC(=O)O)NC(=O)[C@H](Cc1ccccc1)NC(=O)[C@H](CC(=O)O)NC(=O)CN)C(=O)N1CCC[C@H]1C(=O)N[C@@H](Cc1ccc(O)cc1)C(=O)N[C@@H](Cc1ccc(O)cc1)C(=O)N[C@@H](Cc1ccc(O)cc1)C(=O)N[C@@H](CC(C)C)C(=O)N[C@@H](CCC(N)=O)C(=O)O. The third-order valence-corrected chi connectivity index (χ3v) is 18.0. The summed E-state index contributed by atoms with van der Waals surface area (Å²) in [4.78, 5) is 219. The fraction of sp³-hybridized carbons (Fsp3) is 0.459. The molecule has 110 heavy (non-hydrogen) atoms. The van der Waals surface area contributed by atoms with Crippen molar-refractivity contribution in [1.29, 1.82) is 0 Å². The first-order valence-electron chi connectivity index (χ1n) is 35.6. The Morgan fingerprint density at radius 2 is 0.800 bits per heavy atom. The molecule has 36 heteroatoms. The second-order valence-corrected chi connectivity index (χ2v) is 27.1. The number of carboxylic acids is 4. The van der Waals surface area contributed by atoms with Crippen molar-refractivity contribution in [2.24, 2.45) is 23.3 Å². The number of carbonyl (C=O) groups excluding carboxylic acids is 12. The van der Waals surface area contributed by atoms with Crippen LogP contribution in [0.1, 0.15) is 121 Å². The van der Waals surface area contributed by atoms with Crippen LogP contribution in [-0.4, -0.2) is 215 Å². The molecule has 1 aliphatic rings. The van der Waals surface area contributed by atoms with Crippen LogP contribution in [0.2, 0.25) is 0 Å². The highest BCUT2D eigenvalue weighted by Crippen LogP contribution is 2.24. The van der Waals surface area contributed by atoms with E-state index in [0.717, 1.165) is 4.90 Å². The van der Waals surface area contributed by atoms with Gasteiger partial charge in [0.1, 0.15) is 83.7 Å². The molecule has 0 aromatic heterocycles. The van der Waals surface area contributed by atoms with E-state index < -0.39 is 212 Å². The molecule has 1 fully saturated rings. The fourth-order valence-corrected chi connectivity index (χ4v) is 11.8. The molecule has 5 rings (SSSR count). The maximum absolute atomic E-state index is 15.1. The van der Waals surface area contributed by atoms with Gasteiger partial charge in [0.25, 0.3) is 0 Å². The number of nitrogens with one attached hydrogen (secondary N) is 10. The van der Waals surface area contributed by atoms with Crippen LogP contribution in [0.25, 0.3) is 0 Å². The zero-order chi connectivity index (χ0) is 81.5. The molecule has 0 bridgehead atoms. The maximum Gasteiger partial charge on any atom is 0.326 e. The number of likely N-dealkylation sites (tertiary alicyclic amines) is 1. The van der Waals surface area contributed by atoms with E-state index in [2.05, 4.69) is 53.2 Å². The number of rotatable bonds is 45. The molecule has 0 unspecified atom stereocenters. The predicted octanol–water partition coefficient (Wildman–Crippen LogP) is -1.48. The van der Waals surface area contributed by atoms with Gasteiger partial charge in [-0.2, -0.15) is 0 Å². The van der Waals surface area contributed by atoms with Crippen LogP contribution in [0.3, 0.4) is 0 Å². The van der Waals surface area contributed by atoms with Gasteiger partial charge in [0.05, 0.1) is 13.0 Å². The first-order valence-corrected chi connectivity index (χ1v) is 35.6. The standard InChI is InChI=1S/C74H97N13O23/c1-5-40(4)63(86-65(100)49(27-30-61(95)96)78-64(99)48(26-29-60(93)94)79-67(102)52(33-41-10-7-6-8-11-41)84-71(106)56(37-62(97)98)77-59(92)38-75)73(108)87-31-9-12-57(87)72(107)85-55(36-44-17-23-47(90)24-18-44)70(105)83-54(35-43-15-21-46(89)22-16-43)69(104)82-53(34-42-13-19-45(88)20-14-42)68(103)81-51(32-39(2)3)66(101)80-50(74(109)110)25-28-58(76)91/h6-8,10-11,13-24,39-40,48-57,63,88-90H,5,9,12,25-38,75H2,1-4H3,(H2,76,91)(H,77,92)(H,78,99)(H,79,102)(H,80,101)(H,81,103)(H,82,104)(H,83,105)(H,84,106)(H,85,107)(H,86,100)(H,93,94)(H,95,96)(H,97,98)(H,109,110)/t40-,48-,49-,50-,51-,52-,53-,54-,55-,56-,57-,63-/m0/s1. The molecular weight excluding hydrogens is 1440 g/mol. The average Bonchev–Trinajstić information content (AvgIpc) is 1.59. The van der Waals surface area contributed by atoms with Crippen LogP contribution in [0.5, 0.6) is 17.2 Å². The molecule has 1 saturated heterocycles. The van der Waals surface area contributed by atoms with Crippen LogP contribution in [-0.2, 0) is 102 Å². The van der Waals surface area contributed by atoms with E-state index in [1.807, 2.05) is 0 Å². The Hall–Kier alpha value is -12.2. The predicted molar refractivity (Wildman–Crippen MR) is 390 cm³/mol. The van der Waals surface area contributed by atoms with Gasteiger partial charge in [0.15, 0.2) is 0 Å². The van der Waals surface area contributed by atoms with E-state index >= 15 is 14.4 Å². The summed E-state index contributed by atoms with van der Waals surface area (Å²) in [6.45, 7) is 5.91. The van der Waals surface area contributed by atoms with Crippen LogP contribution in [0.15, 0.2) is 103 Å². The fourth-order valence-electron chi connectivity index (χ4n) is 11.8. The molecule has 12 amide bonds. The quantitative estimate of drug-likeness (QED) is 0.0240. The number of nitrogens with zero attached hydrogens (tertiary/aromatic N) is 1. The Bertz CT molecular complexity index is 3900. The Morgan fingerprint density at radius 1 is 0.436 bits per heavy atom. The number of phenolic OH excluding ortho intramolecular Hbond substituents is 3. The topological polar surface area (TPSA) is 590 Å². The van der Waals surface area contributed by atoms with Crippen molar-refractivity contribution < 1.29 is 112 Å². The molecule has 0 aliphatic carbocycles. The molecule has 21 N–H and O–H groups in total. The summed E-state index contributed by atoms with van der Waals surface area (Å²) < 4.78 is 0. The summed E-state index contributed by atoms with van der Waals surface area (Å²) in [5.74, 6) is -19.7. The first kappa shape index (κ1) is 88.4. The Labute approximate surface area is 632 Å². The van der Waals surface area contributed by atoms with Crippen molar-refractivity contribution in [2.45, 2.75) is 190 Å². The summed E-state index contributed by atoms with van der Waals surface area (Å²) in [5.41, 5.74) is 12.1. The van der Waals surface area contributed by atoms with Gasteiger partial charge in [-0.3, -0.25) is 71.9 Å². The van der Waals surface area contributed by atoms with Crippen molar-refractivity contribution in [1.82, 2.24) is 58.1 Å². The summed E-state index contributed by atoms with van der Waals surface area (Å²) in [7, 11) is 0. The molecular formula is C74H97N13O23. The second kappa shape index (κ2) is 43.5. The largest absolute Gasteiger partial charge is 0.508 e. The molecule has 596 valence electrons. The van der Waals surface area contributed by atoms with E-state index in [9.17, 15) is 98.1 Å². The lowest BCUT2D eigenvalue weighted by Gasteiger charge is -2.33. The van der Waals surface area contributed by atoms with E-state index in [-0.39, 0.29) is 87.5 Å². The van der Waals surface area contributed by atoms with Gasteiger partial charge in [0.2, 0.25) is 70.9 Å². The molecule has 0 radical (unpaired) electrons. The molecule has 1 heterocycles. The van der Waals surface area contributed by atoms with Gasteiger partial charge in [-0.25, -0.2) is 4.79 Å². The van der Waals surface area contributed by atoms with E-state index in [1.165, 1.54) is 72.8 Å². The number of aliphatic carboxylic acids is 4. The van der Waals surface area contributed by atoms with Gasteiger partial charge < -0.3 is 105 Å². The number of carboxylic acid groups (broad SMARTS) is 4. The number of amides is 12. The monoisotopic (exact) mass is 1540 g/mol. The molecule has 4 aromatic carbocycles. The van der Waals surface area contributed by atoms with Crippen LogP contribution >= 0.6 is 0 Å². The molecule has 0 spiro atoms. The summed E-state index contributed by atoms with van der Waals surface area (Å²) in [5, 5.41) is 94.5. The zero-order valence-corrected chi connectivity index (χ0v) is 61.1. The highest BCUT2D eigenvalue weighted by molar-refractivity contribution is 6.00. The van der Waals surface area contributed by atoms with Crippen molar-refractivity contribution in [2.75, 3.05) is 13.1 Å². The van der Waals surface area contributed by atoms with Crippen LogP contribution < -0.4 is 64.6 Å². The summed E-state index contributed by atoms with van der Waals surface area (Å²) in [6.07, 6.45) is -5.70. The van der Waals surface area contributed by atoms with Gasteiger partial charge in [-0.15, -0.1) is 0 Å². The molecule has 12 atom stereocenters. The second-order valence-electron chi connectivity index (χ2n) is 27.1. The van der Waals surface area contributed by atoms with Gasteiger partial charge in [-0.05, 0) is 109 Å². The average molecular weight is 1540 g/mol. The number of hydrogen-bond acceptors (Lipinski definition) is 20. The number of carbonyl (C=O) groups is 16. The lowest BCUT2D eigenvalue weighted by atomic mass is 9.96. The van der Waals surface area contributed by atoms with Gasteiger partial charge in [-0.1, -0.05) is 101 Å². The number of phenols is 3. The molecule has 0 saturated carbocycles. The van der Waals surface area contributed by atoms with Crippen molar-refractivity contribution in [3.8, 4) is 17.2 Å². The highest BCUT2D eigenvalue weighted by Gasteiger charge is 2.43. The minimum Gasteiger partial charge on any atom is -0.508 e. The third-order valence-electron chi connectivity index (χ3n) is 18.0. The molecule has 36 nitrogen and oxygen atoms in total. The lowest BCUT2D eigenvalue weighted by molar-refractivity contribution is -0.144. The van der Waals surface area contributed by atoms with Crippen molar-refractivity contribution in [3.05, 3.63) is 125 Å². The maximum atomic E-state index is 15.1. The molecule has 4 aromatic rings. The lowest BCUT2D eigenvalue weighted by Crippen LogP contribution is -2.61. The number of nitrogens with two attached hydrogens (primary N) is 2. The van der Waals surface area contributed by atoms with E-state index in [4.69, 9.17) is 11.5 Å². The van der Waals surface area contributed by atoms with E-state index in [0.29, 0.717) is 22.3 Å². The molecule has 1 aliphatic heterocycles. The van der Waals surface area contributed by atoms with Crippen LogP contribution in [0.4, 0.5) is 0 Å². The highest BCUT2D eigenvalue weighted by atomic mass is 16.4. The van der Waals surface area contributed by atoms with Gasteiger partial charge in [0, 0.05) is 51.5 Å². The Kier molecular flexibility index (Phi) is 35.0. The number of hydrogen-bond donors (Lipinski definition) is 19. The smallest absolute Gasteiger partial charge is 0.326 e. The summed E-state index contributed by atoms with van der Waals surface area (Å²) >= 11 is 0. The Balaban J connectivity index is 1.46. The van der Waals surface area contributed by atoms with Crippen LogP contribution in [0, 0.1) is 11.8 Å². The zero-order valence-electron chi connectivity index (χ0n) is 61.1. The number of aromatic hydroxyl groups is 3. The third kappa shape index (κ3) is 29.5.